The average Bonchev–Trinajstić information content (AvgIpc) is 2.39. The summed E-state index contributed by atoms with van der Waals surface area (Å²) in [5.74, 6) is -0.668. The Labute approximate surface area is 82.2 Å². The molecule has 1 unspecified atom stereocenters. The molecule has 14 heavy (non-hydrogen) atoms. The Morgan fingerprint density at radius 3 is 2.79 bits per heavy atom. The van der Waals surface area contributed by atoms with Crippen LogP contribution in [0.25, 0.3) is 0 Å². The number of carbonyl (C=O) groups is 1. The lowest BCUT2D eigenvalue weighted by molar-refractivity contribution is -0.132. The van der Waals surface area contributed by atoms with E-state index in [2.05, 4.69) is 0 Å². The van der Waals surface area contributed by atoms with Crippen LogP contribution < -0.4 is 0 Å². The highest BCUT2D eigenvalue weighted by atomic mass is 16.4. The maximum Gasteiger partial charge on any atom is 0.335 e. The molecule has 0 spiro atoms. The van der Waals surface area contributed by atoms with Crippen molar-refractivity contribution in [3.63, 3.8) is 0 Å². The van der Waals surface area contributed by atoms with Crippen LogP contribution in [-0.4, -0.2) is 11.1 Å². The molecule has 2 rings (SSSR count). The quantitative estimate of drug-likeness (QED) is 0.681. The highest BCUT2D eigenvalue weighted by Gasteiger charge is 2.13. The number of hydrogen-bond acceptors (Lipinski definition) is 1. The first kappa shape index (κ1) is 8.75. The molecule has 70 valence electrons. The van der Waals surface area contributed by atoms with E-state index >= 15 is 0 Å². The number of carboxylic acids is 1. The van der Waals surface area contributed by atoms with Gasteiger partial charge in [-0.15, -0.1) is 0 Å². The Morgan fingerprint density at radius 1 is 1.21 bits per heavy atom. The lowest BCUT2D eigenvalue weighted by Crippen LogP contribution is -2.01. The van der Waals surface area contributed by atoms with E-state index in [1.807, 2.05) is 30.4 Å². The monoisotopic (exact) mass is 186 g/mol. The van der Waals surface area contributed by atoms with Crippen LogP contribution in [-0.2, 0) is 4.79 Å². The third kappa shape index (κ3) is 1.59. The molecular weight excluding hydrogens is 176 g/mol. The fourth-order valence-corrected chi connectivity index (χ4v) is 1.53. The van der Waals surface area contributed by atoms with Gasteiger partial charge in [0.05, 0.1) is 5.57 Å². The molecule has 0 aromatic rings. The standard InChI is InChI=1S/C12H10O2/c13-12(14)11-7-3-6-9-4-1-2-5-10(9)8-11/h1-9H,(H,13,14). The molecule has 0 aromatic heterocycles. The molecule has 0 amide bonds. The van der Waals surface area contributed by atoms with Gasteiger partial charge >= 0.3 is 5.97 Å². The van der Waals surface area contributed by atoms with Crippen LogP contribution in [0.1, 0.15) is 0 Å². The summed E-state index contributed by atoms with van der Waals surface area (Å²) in [6.45, 7) is 0. The summed E-state index contributed by atoms with van der Waals surface area (Å²) in [6.07, 6.45) is 15.0. The Balaban J connectivity index is 2.40. The van der Waals surface area contributed by atoms with E-state index in [0.29, 0.717) is 5.57 Å². The molecule has 2 aliphatic carbocycles. The first-order chi connectivity index (χ1) is 6.77. The minimum atomic E-state index is -0.884. The van der Waals surface area contributed by atoms with Crippen LogP contribution >= 0.6 is 0 Å². The van der Waals surface area contributed by atoms with Crippen molar-refractivity contribution in [1.29, 1.82) is 0 Å². The second kappa shape index (κ2) is 3.50. The van der Waals surface area contributed by atoms with Crippen molar-refractivity contribution in [2.24, 2.45) is 5.92 Å². The average molecular weight is 186 g/mol. The smallest absolute Gasteiger partial charge is 0.335 e. The van der Waals surface area contributed by atoms with Gasteiger partial charge in [-0.2, -0.15) is 0 Å². The first-order valence-electron chi connectivity index (χ1n) is 4.45. The zero-order chi connectivity index (χ0) is 9.97. The Bertz CT molecular complexity index is 406. The summed E-state index contributed by atoms with van der Waals surface area (Å²) in [5.41, 5.74) is 1.36. The third-order valence-corrected chi connectivity index (χ3v) is 2.27. The lowest BCUT2D eigenvalue weighted by Gasteiger charge is -2.11. The maximum atomic E-state index is 10.8. The van der Waals surface area contributed by atoms with Crippen molar-refractivity contribution in [2.45, 2.75) is 0 Å². The Morgan fingerprint density at radius 2 is 2.00 bits per heavy atom. The maximum absolute atomic E-state index is 10.8. The van der Waals surface area contributed by atoms with Crippen LogP contribution in [0.3, 0.4) is 0 Å². The largest absolute Gasteiger partial charge is 0.478 e. The number of aliphatic carboxylic acids is 1. The van der Waals surface area contributed by atoms with E-state index in [-0.39, 0.29) is 5.92 Å². The van der Waals surface area contributed by atoms with E-state index in [4.69, 9.17) is 5.11 Å². The summed E-state index contributed by atoms with van der Waals surface area (Å²) in [5, 5.41) is 8.86. The van der Waals surface area contributed by atoms with Gasteiger partial charge < -0.3 is 5.11 Å². The van der Waals surface area contributed by atoms with Crippen LogP contribution in [0.15, 0.2) is 59.8 Å². The molecule has 0 bridgehead atoms. The SMILES string of the molecule is O=C(O)C1=CC=CC2C=CC=CC2=C1. The van der Waals surface area contributed by atoms with Crippen LogP contribution in [0.2, 0.25) is 0 Å². The predicted molar refractivity (Wildman–Crippen MR) is 54.7 cm³/mol. The van der Waals surface area contributed by atoms with Crippen LogP contribution in [0.4, 0.5) is 0 Å². The van der Waals surface area contributed by atoms with Crippen LogP contribution in [0, 0.1) is 5.92 Å². The molecule has 1 N–H and O–H groups in total. The van der Waals surface area contributed by atoms with Gasteiger partial charge in [-0.1, -0.05) is 36.5 Å². The Kier molecular flexibility index (Phi) is 2.19. The van der Waals surface area contributed by atoms with Gasteiger partial charge in [0, 0.05) is 5.92 Å². The Hall–Kier alpha value is -1.83. The number of carboxylic acid groups (broad SMARTS) is 1. The highest BCUT2D eigenvalue weighted by molar-refractivity contribution is 5.90. The van der Waals surface area contributed by atoms with Crippen molar-refractivity contribution >= 4 is 5.97 Å². The van der Waals surface area contributed by atoms with Crippen molar-refractivity contribution in [1.82, 2.24) is 0 Å². The molecule has 0 saturated heterocycles. The van der Waals surface area contributed by atoms with Crippen molar-refractivity contribution in [2.75, 3.05) is 0 Å². The first-order valence-corrected chi connectivity index (χ1v) is 4.45. The van der Waals surface area contributed by atoms with E-state index in [9.17, 15) is 4.79 Å². The third-order valence-electron chi connectivity index (χ3n) is 2.27. The van der Waals surface area contributed by atoms with E-state index in [1.54, 1.807) is 18.2 Å². The molecule has 0 heterocycles. The van der Waals surface area contributed by atoms with E-state index < -0.39 is 5.97 Å². The second-order valence-corrected chi connectivity index (χ2v) is 3.23. The van der Waals surface area contributed by atoms with Gasteiger partial charge in [0.15, 0.2) is 0 Å². The summed E-state index contributed by atoms with van der Waals surface area (Å²) in [4.78, 5) is 10.8. The van der Waals surface area contributed by atoms with Gasteiger partial charge in [-0.25, -0.2) is 4.79 Å². The molecule has 2 aliphatic rings. The summed E-state index contributed by atoms with van der Waals surface area (Å²) >= 11 is 0. The van der Waals surface area contributed by atoms with Crippen molar-refractivity contribution < 1.29 is 9.90 Å². The van der Waals surface area contributed by atoms with E-state index in [1.165, 1.54) is 0 Å². The van der Waals surface area contributed by atoms with Gasteiger partial charge in [-0.05, 0) is 17.7 Å². The van der Waals surface area contributed by atoms with Gasteiger partial charge in [0.25, 0.3) is 0 Å². The molecule has 0 aliphatic heterocycles. The zero-order valence-electron chi connectivity index (χ0n) is 7.55. The fourth-order valence-electron chi connectivity index (χ4n) is 1.53. The number of hydrogen-bond donors (Lipinski definition) is 1. The normalized spacial score (nSPS) is 23.6. The van der Waals surface area contributed by atoms with E-state index in [0.717, 1.165) is 5.57 Å². The van der Waals surface area contributed by atoms with Crippen LogP contribution in [0.5, 0.6) is 0 Å². The van der Waals surface area contributed by atoms with Crippen molar-refractivity contribution in [3.8, 4) is 0 Å². The minimum absolute atomic E-state index is 0.216. The zero-order valence-corrected chi connectivity index (χ0v) is 7.55. The number of fused-ring (bicyclic) bond motifs is 1. The molecule has 0 fully saturated rings. The summed E-state index contributed by atoms with van der Waals surface area (Å²) in [6, 6.07) is 0. The topological polar surface area (TPSA) is 37.3 Å². The predicted octanol–water partition coefficient (Wildman–Crippen LogP) is 2.24. The molecule has 2 nitrogen and oxygen atoms in total. The molecule has 1 atom stereocenters. The molecule has 0 radical (unpaired) electrons. The van der Waals surface area contributed by atoms with Gasteiger partial charge in [0.1, 0.15) is 0 Å². The number of rotatable bonds is 1. The molecule has 0 saturated carbocycles. The van der Waals surface area contributed by atoms with Gasteiger partial charge in [-0.3, -0.25) is 0 Å². The lowest BCUT2D eigenvalue weighted by atomic mass is 9.94. The van der Waals surface area contributed by atoms with Crippen molar-refractivity contribution in [3.05, 3.63) is 59.8 Å². The molecule has 0 aromatic carbocycles. The second-order valence-electron chi connectivity index (χ2n) is 3.23. The summed E-state index contributed by atoms with van der Waals surface area (Å²) in [7, 11) is 0. The summed E-state index contributed by atoms with van der Waals surface area (Å²) < 4.78 is 0. The highest BCUT2D eigenvalue weighted by Crippen LogP contribution is 2.24. The minimum Gasteiger partial charge on any atom is -0.478 e. The van der Waals surface area contributed by atoms with Gasteiger partial charge in [0.2, 0.25) is 0 Å². The fraction of sp³-hybridized carbons (Fsp3) is 0.0833. The molecular formula is C12H10O2. The molecule has 2 heteroatoms. The number of allylic oxidation sites excluding steroid dienone is 8.